The smallest absolute Gasteiger partial charge is 0.195 e. The molecule has 6 heteroatoms. The Labute approximate surface area is 122 Å². The molecule has 0 saturated carbocycles. The Morgan fingerprint density at radius 3 is 2.05 bits per heavy atom. The second-order valence-corrected chi connectivity index (χ2v) is 4.42. The molecule has 0 bridgehead atoms. The molecule has 0 aromatic heterocycles. The van der Waals surface area contributed by atoms with Crippen molar-refractivity contribution in [2.45, 2.75) is 0 Å². The molecule has 0 amide bonds. The molecule has 0 unspecified atom stereocenters. The standard InChI is InChI=1S/C13H12N2O.CH4N2S/c14-10-6-7-12(15)11(8-10)13(16)9-4-2-1-3-5-9;2-1(3)4/h1-8H,14-15H2;(H4,2,3,4). The number of rotatable bonds is 2. The van der Waals surface area contributed by atoms with Crippen LogP contribution in [0.4, 0.5) is 11.4 Å². The zero-order valence-corrected chi connectivity index (χ0v) is 11.6. The highest BCUT2D eigenvalue weighted by Gasteiger charge is 2.11. The second-order valence-electron chi connectivity index (χ2n) is 3.94. The van der Waals surface area contributed by atoms with Crippen molar-refractivity contribution in [3.63, 3.8) is 0 Å². The van der Waals surface area contributed by atoms with Gasteiger partial charge < -0.3 is 22.9 Å². The molecule has 0 atom stereocenters. The number of ketones is 1. The van der Waals surface area contributed by atoms with Gasteiger partial charge in [0.05, 0.1) is 0 Å². The Balaban J connectivity index is 0.000000444. The summed E-state index contributed by atoms with van der Waals surface area (Å²) in [5.41, 5.74) is 22.7. The first-order chi connectivity index (χ1) is 9.41. The molecule has 0 aliphatic rings. The van der Waals surface area contributed by atoms with Crippen LogP contribution in [0.2, 0.25) is 0 Å². The third-order valence-corrected chi connectivity index (χ3v) is 2.36. The van der Waals surface area contributed by atoms with Gasteiger partial charge in [0.15, 0.2) is 10.9 Å². The van der Waals surface area contributed by atoms with Crippen LogP contribution in [0.5, 0.6) is 0 Å². The summed E-state index contributed by atoms with van der Waals surface area (Å²) in [4.78, 5) is 12.1. The van der Waals surface area contributed by atoms with Gasteiger partial charge in [0.1, 0.15) is 0 Å². The molecule has 2 aromatic rings. The summed E-state index contributed by atoms with van der Waals surface area (Å²) in [7, 11) is 0. The molecule has 20 heavy (non-hydrogen) atoms. The van der Waals surface area contributed by atoms with Crippen molar-refractivity contribution in [1.82, 2.24) is 0 Å². The van der Waals surface area contributed by atoms with E-state index in [0.717, 1.165) is 0 Å². The third kappa shape index (κ3) is 4.58. The topological polar surface area (TPSA) is 121 Å². The van der Waals surface area contributed by atoms with Crippen LogP contribution in [0, 0.1) is 0 Å². The Kier molecular flexibility index (Phi) is 5.49. The highest BCUT2D eigenvalue weighted by Crippen LogP contribution is 2.19. The molecule has 0 heterocycles. The maximum atomic E-state index is 12.1. The maximum absolute atomic E-state index is 12.1. The summed E-state index contributed by atoms with van der Waals surface area (Å²) in [5, 5.41) is 0.000000000000000222. The zero-order valence-electron chi connectivity index (χ0n) is 10.7. The Morgan fingerprint density at radius 1 is 0.950 bits per heavy atom. The van der Waals surface area contributed by atoms with Gasteiger partial charge in [0, 0.05) is 22.5 Å². The van der Waals surface area contributed by atoms with E-state index in [-0.39, 0.29) is 10.9 Å². The van der Waals surface area contributed by atoms with Gasteiger partial charge in [-0.05, 0) is 30.4 Å². The fraction of sp³-hybridized carbons (Fsp3) is 0. The van der Waals surface area contributed by atoms with Crippen LogP contribution in [-0.4, -0.2) is 10.9 Å². The van der Waals surface area contributed by atoms with Crippen LogP contribution in [0.3, 0.4) is 0 Å². The predicted octanol–water partition coefficient (Wildman–Crippen LogP) is 1.27. The Hall–Kier alpha value is -2.60. The van der Waals surface area contributed by atoms with Crippen LogP contribution >= 0.6 is 12.2 Å². The largest absolute Gasteiger partial charge is 0.399 e. The average Bonchev–Trinajstić information content (AvgIpc) is 2.41. The number of carbonyl (C=O) groups is 1. The van der Waals surface area contributed by atoms with E-state index < -0.39 is 0 Å². The quantitative estimate of drug-likeness (QED) is 0.375. The lowest BCUT2D eigenvalue weighted by atomic mass is 10.0. The number of nitrogens with two attached hydrogens (primary N) is 4. The van der Waals surface area contributed by atoms with E-state index in [4.69, 9.17) is 11.5 Å². The first-order valence-electron chi connectivity index (χ1n) is 5.71. The summed E-state index contributed by atoms with van der Waals surface area (Å²) in [6.45, 7) is 0. The molecular weight excluding hydrogens is 272 g/mol. The van der Waals surface area contributed by atoms with E-state index in [1.54, 1.807) is 30.3 Å². The van der Waals surface area contributed by atoms with E-state index in [0.29, 0.717) is 22.5 Å². The third-order valence-electron chi connectivity index (χ3n) is 2.36. The van der Waals surface area contributed by atoms with Crippen LogP contribution < -0.4 is 22.9 Å². The SMILES string of the molecule is NC(N)=S.Nc1ccc(N)c(C(=O)c2ccccc2)c1. The molecule has 0 aliphatic heterocycles. The van der Waals surface area contributed by atoms with E-state index >= 15 is 0 Å². The van der Waals surface area contributed by atoms with E-state index in [1.165, 1.54) is 0 Å². The lowest BCUT2D eigenvalue weighted by Gasteiger charge is -2.05. The molecule has 0 saturated heterocycles. The summed E-state index contributed by atoms with van der Waals surface area (Å²) < 4.78 is 0. The number of hydrogen-bond donors (Lipinski definition) is 4. The first-order valence-corrected chi connectivity index (χ1v) is 6.12. The van der Waals surface area contributed by atoms with Crippen LogP contribution in [0.1, 0.15) is 15.9 Å². The highest BCUT2D eigenvalue weighted by atomic mass is 32.1. The summed E-state index contributed by atoms with van der Waals surface area (Å²) >= 11 is 4.09. The van der Waals surface area contributed by atoms with Crippen molar-refractivity contribution < 1.29 is 4.79 Å². The number of hydrogen-bond acceptors (Lipinski definition) is 4. The fourth-order valence-electron chi connectivity index (χ4n) is 1.52. The molecule has 104 valence electrons. The predicted molar refractivity (Wildman–Crippen MR) is 86.1 cm³/mol. The summed E-state index contributed by atoms with van der Waals surface area (Å²) in [6, 6.07) is 13.9. The zero-order chi connectivity index (χ0) is 15.1. The minimum Gasteiger partial charge on any atom is -0.399 e. The molecule has 0 fully saturated rings. The van der Waals surface area contributed by atoms with Crippen molar-refractivity contribution >= 4 is 34.5 Å². The van der Waals surface area contributed by atoms with Gasteiger partial charge in [-0.3, -0.25) is 4.79 Å². The van der Waals surface area contributed by atoms with Crippen molar-refractivity contribution in [3.8, 4) is 0 Å². The van der Waals surface area contributed by atoms with Gasteiger partial charge in [-0.25, -0.2) is 0 Å². The van der Waals surface area contributed by atoms with E-state index in [9.17, 15) is 4.79 Å². The van der Waals surface area contributed by atoms with Gasteiger partial charge in [-0.2, -0.15) is 0 Å². The van der Waals surface area contributed by atoms with Gasteiger partial charge in [0.2, 0.25) is 0 Å². The average molecular weight is 288 g/mol. The molecular formula is C14H16N4OS. The molecule has 8 N–H and O–H groups in total. The number of anilines is 2. The Morgan fingerprint density at radius 2 is 1.50 bits per heavy atom. The number of thiocarbonyl (C=S) groups is 1. The minimum atomic E-state index is -0.106. The normalized spacial score (nSPS) is 9.20. The van der Waals surface area contributed by atoms with Crippen molar-refractivity contribution in [2.75, 3.05) is 11.5 Å². The number of benzene rings is 2. The minimum absolute atomic E-state index is 0.000000000000000222. The molecule has 2 aromatic carbocycles. The molecule has 2 rings (SSSR count). The van der Waals surface area contributed by atoms with Crippen LogP contribution in [-0.2, 0) is 0 Å². The molecule has 5 nitrogen and oxygen atoms in total. The van der Waals surface area contributed by atoms with Gasteiger partial charge in [0.25, 0.3) is 0 Å². The molecule has 0 aliphatic carbocycles. The first kappa shape index (κ1) is 15.5. The fourth-order valence-corrected chi connectivity index (χ4v) is 1.52. The number of carbonyl (C=O) groups excluding carboxylic acids is 1. The second kappa shape index (κ2) is 7.10. The maximum Gasteiger partial charge on any atom is 0.195 e. The monoisotopic (exact) mass is 288 g/mol. The van der Waals surface area contributed by atoms with E-state index in [2.05, 4.69) is 23.7 Å². The van der Waals surface area contributed by atoms with Gasteiger partial charge in [-0.15, -0.1) is 0 Å². The van der Waals surface area contributed by atoms with Crippen molar-refractivity contribution in [2.24, 2.45) is 11.5 Å². The lowest BCUT2D eigenvalue weighted by molar-refractivity contribution is 0.103. The van der Waals surface area contributed by atoms with Crippen LogP contribution in [0.15, 0.2) is 48.5 Å². The Bertz CT molecular complexity index is 610. The van der Waals surface area contributed by atoms with Crippen LogP contribution in [0.25, 0.3) is 0 Å². The van der Waals surface area contributed by atoms with Gasteiger partial charge in [-0.1, -0.05) is 30.3 Å². The van der Waals surface area contributed by atoms with Gasteiger partial charge >= 0.3 is 0 Å². The van der Waals surface area contributed by atoms with Crippen molar-refractivity contribution in [3.05, 3.63) is 59.7 Å². The summed E-state index contributed by atoms with van der Waals surface area (Å²) in [6.07, 6.45) is 0. The lowest BCUT2D eigenvalue weighted by Crippen LogP contribution is -2.18. The number of nitrogen functional groups attached to an aromatic ring is 2. The summed E-state index contributed by atoms with van der Waals surface area (Å²) in [5.74, 6) is -0.106. The van der Waals surface area contributed by atoms with Crippen molar-refractivity contribution in [1.29, 1.82) is 0 Å². The molecule has 0 spiro atoms. The highest BCUT2D eigenvalue weighted by molar-refractivity contribution is 7.80. The molecule has 0 radical (unpaired) electrons. The van der Waals surface area contributed by atoms with E-state index in [1.807, 2.05) is 18.2 Å².